The molecule has 0 fully saturated rings. The number of carbonyl (C=O) groups excluding carboxylic acids is 4. The van der Waals surface area contributed by atoms with E-state index in [9.17, 15) is 24.3 Å². The predicted octanol–water partition coefficient (Wildman–Crippen LogP) is 3.88. The van der Waals surface area contributed by atoms with Gasteiger partial charge in [0, 0.05) is 13.0 Å². The van der Waals surface area contributed by atoms with Gasteiger partial charge < -0.3 is 30.1 Å². The Hall–Kier alpha value is -4.08. The molecule has 0 aliphatic carbocycles. The highest BCUT2D eigenvalue weighted by Gasteiger charge is 2.36. The first-order chi connectivity index (χ1) is 18.9. The van der Waals surface area contributed by atoms with Crippen molar-refractivity contribution in [2.24, 2.45) is 0 Å². The summed E-state index contributed by atoms with van der Waals surface area (Å²) in [6.45, 7) is 6.99. The summed E-state index contributed by atoms with van der Waals surface area (Å²) in [6.07, 6.45) is 1.64. The van der Waals surface area contributed by atoms with Crippen LogP contribution >= 0.6 is 0 Å². The summed E-state index contributed by atoms with van der Waals surface area (Å²) >= 11 is 0. The first-order valence-electron chi connectivity index (χ1n) is 13.4. The quantitative estimate of drug-likeness (QED) is 0.252. The summed E-state index contributed by atoms with van der Waals surface area (Å²) in [6, 6.07) is 13.0. The Morgan fingerprint density at radius 3 is 2.30 bits per heavy atom. The molecule has 2 unspecified atom stereocenters. The van der Waals surface area contributed by atoms with E-state index >= 15 is 0 Å². The monoisotopic (exact) mass is 555 g/mol. The number of carbonyl (C=O) groups is 4. The molecule has 0 aromatic heterocycles. The molecule has 0 saturated heterocycles. The average molecular weight is 556 g/mol. The van der Waals surface area contributed by atoms with E-state index in [-0.39, 0.29) is 18.7 Å². The molecular weight excluding hydrogens is 514 g/mol. The number of phenolic OH excluding ortho intramolecular Hbond substituents is 1. The Bertz CT molecular complexity index is 1130. The number of amides is 3. The Morgan fingerprint density at radius 2 is 1.70 bits per heavy atom. The Balaban J connectivity index is 2.54. The highest BCUT2D eigenvalue weighted by molar-refractivity contribution is 5.93. The number of hydrogen-bond acceptors (Lipinski definition) is 7. The minimum atomic E-state index is -1.19. The van der Waals surface area contributed by atoms with Crippen molar-refractivity contribution in [1.29, 1.82) is 0 Å². The van der Waals surface area contributed by atoms with Crippen LogP contribution < -0.4 is 10.6 Å². The van der Waals surface area contributed by atoms with Crippen LogP contribution in [0.3, 0.4) is 0 Å². The highest BCUT2D eigenvalue weighted by atomic mass is 16.6. The zero-order chi connectivity index (χ0) is 29.7. The zero-order valence-electron chi connectivity index (χ0n) is 23.9. The van der Waals surface area contributed by atoms with E-state index in [1.807, 2.05) is 37.3 Å². The van der Waals surface area contributed by atoms with Gasteiger partial charge in [0.2, 0.25) is 11.8 Å². The van der Waals surface area contributed by atoms with Crippen molar-refractivity contribution in [3.05, 3.63) is 65.7 Å². The van der Waals surface area contributed by atoms with Crippen LogP contribution in [-0.4, -0.2) is 65.7 Å². The van der Waals surface area contributed by atoms with Crippen molar-refractivity contribution in [1.82, 2.24) is 15.5 Å². The summed E-state index contributed by atoms with van der Waals surface area (Å²) < 4.78 is 10.1. The Kier molecular flexibility index (Phi) is 12.4. The van der Waals surface area contributed by atoms with Crippen LogP contribution in [0.25, 0.3) is 0 Å². The molecule has 0 saturated carbocycles. The van der Waals surface area contributed by atoms with Gasteiger partial charge in [-0.15, -0.1) is 0 Å². The number of nitrogens with one attached hydrogen (secondary N) is 2. The number of ether oxygens (including phenoxy) is 2. The standard InChI is InChI=1S/C30H41N3O7/c1-6-7-11-17-33(26(22-15-12-16-23(34)19-22)27(36)31-20-25(35)39-5)28(37)24(18-21-13-9-8-10-14-21)32-29(38)40-30(2,3)4/h8-10,12-16,19,24,26,34H,6-7,11,17-18,20H2,1-5H3,(H,31,36)(H,32,38). The Morgan fingerprint density at radius 1 is 1.00 bits per heavy atom. The van der Waals surface area contributed by atoms with Crippen molar-refractivity contribution >= 4 is 23.9 Å². The number of aromatic hydroxyl groups is 1. The summed E-state index contributed by atoms with van der Waals surface area (Å²) in [4.78, 5) is 53.8. The van der Waals surface area contributed by atoms with Gasteiger partial charge >= 0.3 is 12.1 Å². The van der Waals surface area contributed by atoms with Crippen LogP contribution in [0.4, 0.5) is 4.79 Å². The molecule has 0 aliphatic heterocycles. The number of methoxy groups -OCH3 is 1. The fourth-order valence-corrected chi connectivity index (χ4v) is 4.09. The lowest BCUT2D eigenvalue weighted by molar-refractivity contribution is -0.144. The number of alkyl carbamates (subject to hydrolysis) is 1. The lowest BCUT2D eigenvalue weighted by atomic mass is 9.99. The molecule has 2 aromatic rings. The minimum absolute atomic E-state index is 0.0862. The van der Waals surface area contributed by atoms with Gasteiger partial charge in [-0.3, -0.25) is 14.4 Å². The second-order valence-electron chi connectivity index (χ2n) is 10.4. The third-order valence-corrected chi connectivity index (χ3v) is 5.94. The van der Waals surface area contributed by atoms with Gasteiger partial charge in [0.25, 0.3) is 0 Å². The van der Waals surface area contributed by atoms with Gasteiger partial charge in [0.05, 0.1) is 7.11 Å². The van der Waals surface area contributed by atoms with E-state index in [1.165, 1.54) is 24.1 Å². The maximum atomic E-state index is 14.3. The van der Waals surface area contributed by atoms with E-state index in [1.54, 1.807) is 32.9 Å². The third-order valence-electron chi connectivity index (χ3n) is 5.94. The molecule has 2 rings (SSSR count). The van der Waals surface area contributed by atoms with E-state index in [0.717, 1.165) is 18.4 Å². The molecule has 2 atom stereocenters. The summed E-state index contributed by atoms with van der Waals surface area (Å²) in [5.74, 6) is -1.87. The maximum absolute atomic E-state index is 14.3. The van der Waals surface area contributed by atoms with Crippen molar-refractivity contribution < 1.29 is 33.8 Å². The smallest absolute Gasteiger partial charge is 0.408 e. The van der Waals surface area contributed by atoms with Gasteiger partial charge in [-0.2, -0.15) is 0 Å². The molecule has 0 radical (unpaired) electrons. The first kappa shape index (κ1) is 32.1. The van der Waals surface area contributed by atoms with Crippen LogP contribution in [-0.2, 0) is 30.3 Å². The predicted molar refractivity (Wildman–Crippen MR) is 150 cm³/mol. The zero-order valence-corrected chi connectivity index (χ0v) is 23.9. The minimum Gasteiger partial charge on any atom is -0.508 e. The fraction of sp³-hybridized carbons (Fsp3) is 0.467. The second-order valence-corrected chi connectivity index (χ2v) is 10.4. The van der Waals surface area contributed by atoms with Crippen LogP contribution in [0.15, 0.2) is 54.6 Å². The SMILES string of the molecule is CCCCCN(C(=O)C(Cc1ccccc1)NC(=O)OC(C)(C)C)C(C(=O)NCC(=O)OC)c1cccc(O)c1. The lowest BCUT2D eigenvalue weighted by Crippen LogP contribution is -2.54. The molecule has 40 heavy (non-hydrogen) atoms. The van der Waals surface area contributed by atoms with Crippen LogP contribution in [0.5, 0.6) is 5.75 Å². The molecule has 0 spiro atoms. The maximum Gasteiger partial charge on any atom is 0.408 e. The van der Waals surface area contributed by atoms with Crippen molar-refractivity contribution in [3.63, 3.8) is 0 Å². The number of esters is 1. The van der Waals surface area contributed by atoms with Gasteiger partial charge in [0.1, 0.15) is 30.0 Å². The number of benzene rings is 2. The average Bonchev–Trinajstić information content (AvgIpc) is 2.90. The topological polar surface area (TPSA) is 134 Å². The second kappa shape index (κ2) is 15.5. The van der Waals surface area contributed by atoms with E-state index in [0.29, 0.717) is 12.0 Å². The molecular formula is C30H41N3O7. The summed E-state index contributed by atoms with van der Waals surface area (Å²) in [5, 5.41) is 15.4. The first-order valence-corrected chi connectivity index (χ1v) is 13.4. The van der Waals surface area contributed by atoms with E-state index < -0.39 is 48.1 Å². The summed E-state index contributed by atoms with van der Waals surface area (Å²) in [7, 11) is 1.21. The number of hydrogen-bond donors (Lipinski definition) is 3. The Labute approximate surface area is 236 Å². The molecule has 0 aliphatic rings. The molecule has 3 N–H and O–H groups in total. The molecule has 10 heteroatoms. The fourth-order valence-electron chi connectivity index (χ4n) is 4.09. The van der Waals surface area contributed by atoms with Crippen LogP contribution in [0.2, 0.25) is 0 Å². The molecule has 3 amide bonds. The normalized spacial score (nSPS) is 12.5. The van der Waals surface area contributed by atoms with Crippen LogP contribution in [0, 0.1) is 0 Å². The number of phenols is 1. The number of rotatable bonds is 13. The largest absolute Gasteiger partial charge is 0.508 e. The van der Waals surface area contributed by atoms with Gasteiger partial charge in [-0.25, -0.2) is 4.79 Å². The van der Waals surface area contributed by atoms with Gasteiger partial charge in [-0.1, -0.05) is 62.2 Å². The molecule has 10 nitrogen and oxygen atoms in total. The summed E-state index contributed by atoms with van der Waals surface area (Å²) in [5.41, 5.74) is 0.362. The highest BCUT2D eigenvalue weighted by Crippen LogP contribution is 2.26. The lowest BCUT2D eigenvalue weighted by Gasteiger charge is -2.34. The number of unbranched alkanes of at least 4 members (excludes halogenated alkanes) is 2. The number of nitrogens with zero attached hydrogens (tertiary/aromatic N) is 1. The van der Waals surface area contributed by atoms with E-state index in [4.69, 9.17) is 4.74 Å². The molecule has 218 valence electrons. The van der Waals surface area contributed by atoms with E-state index in [2.05, 4.69) is 15.4 Å². The van der Waals surface area contributed by atoms with Crippen molar-refractivity contribution in [2.45, 2.75) is 71.1 Å². The van der Waals surface area contributed by atoms with Gasteiger partial charge in [-0.05, 0) is 50.5 Å². The molecule has 0 bridgehead atoms. The molecule has 2 aromatic carbocycles. The van der Waals surface area contributed by atoms with Crippen molar-refractivity contribution in [2.75, 3.05) is 20.2 Å². The molecule has 0 heterocycles. The van der Waals surface area contributed by atoms with Crippen LogP contribution in [0.1, 0.15) is 64.1 Å². The van der Waals surface area contributed by atoms with Crippen molar-refractivity contribution in [3.8, 4) is 5.75 Å². The third kappa shape index (κ3) is 10.6. The van der Waals surface area contributed by atoms with Gasteiger partial charge in [0.15, 0.2) is 0 Å².